The van der Waals surface area contributed by atoms with E-state index in [0.717, 1.165) is 0 Å². The van der Waals surface area contributed by atoms with Gasteiger partial charge in [-0.2, -0.15) is 0 Å². The molecular formula is C12H16F2N2O2. The van der Waals surface area contributed by atoms with Gasteiger partial charge in [-0.05, 0) is 19.1 Å². The minimum Gasteiger partial charge on any atom is -0.370 e. The number of nitrogens with one attached hydrogen (secondary N) is 1. The Bertz CT molecular complexity index is 393. The van der Waals surface area contributed by atoms with Gasteiger partial charge in [0.2, 0.25) is 5.91 Å². The van der Waals surface area contributed by atoms with Crippen molar-refractivity contribution >= 4 is 5.91 Å². The fourth-order valence-electron chi connectivity index (χ4n) is 1.55. The number of hydrogen-bond donors (Lipinski definition) is 2. The van der Waals surface area contributed by atoms with E-state index in [1.165, 1.54) is 18.2 Å². The molecule has 3 N–H and O–H groups in total. The lowest BCUT2D eigenvalue weighted by Crippen LogP contribution is -2.26. The summed E-state index contributed by atoms with van der Waals surface area (Å²) >= 11 is 0. The molecule has 0 fully saturated rings. The molecule has 0 aliphatic carbocycles. The van der Waals surface area contributed by atoms with Crippen LogP contribution in [-0.4, -0.2) is 25.7 Å². The van der Waals surface area contributed by atoms with Crippen LogP contribution in [-0.2, 0) is 9.53 Å². The molecule has 100 valence electrons. The van der Waals surface area contributed by atoms with Crippen LogP contribution in [0.2, 0.25) is 0 Å². The molecule has 0 heterocycles. The average molecular weight is 258 g/mol. The molecule has 0 spiro atoms. The van der Waals surface area contributed by atoms with Crippen molar-refractivity contribution in [3.8, 4) is 0 Å². The zero-order valence-electron chi connectivity index (χ0n) is 10.1. The van der Waals surface area contributed by atoms with E-state index in [1.807, 2.05) is 0 Å². The van der Waals surface area contributed by atoms with E-state index in [2.05, 4.69) is 5.32 Å². The normalized spacial score (nSPS) is 12.4. The maximum Gasteiger partial charge on any atom is 0.243 e. The van der Waals surface area contributed by atoms with Crippen LogP contribution in [0.4, 0.5) is 8.78 Å². The maximum absolute atomic E-state index is 13.4. The summed E-state index contributed by atoms with van der Waals surface area (Å²) in [6, 6.07) is 3.25. The fraction of sp³-hybridized carbons (Fsp3) is 0.417. The van der Waals surface area contributed by atoms with Crippen molar-refractivity contribution in [3.63, 3.8) is 0 Å². The SMILES string of the molecule is CC(NCCOCC(N)=O)c1c(F)cccc1F. The third-order valence-corrected chi connectivity index (χ3v) is 2.37. The summed E-state index contributed by atoms with van der Waals surface area (Å²) in [6.45, 7) is 2.09. The number of primary amides is 1. The molecule has 1 unspecified atom stereocenters. The Kier molecular flexibility index (Phi) is 5.67. The average Bonchev–Trinajstić information content (AvgIpc) is 2.27. The van der Waals surface area contributed by atoms with Crippen LogP contribution < -0.4 is 11.1 Å². The van der Waals surface area contributed by atoms with Gasteiger partial charge in [0.05, 0.1) is 6.61 Å². The molecule has 1 aromatic rings. The number of rotatable bonds is 7. The highest BCUT2D eigenvalue weighted by molar-refractivity contribution is 5.74. The molecule has 0 saturated heterocycles. The lowest BCUT2D eigenvalue weighted by molar-refractivity contribution is -0.122. The summed E-state index contributed by atoms with van der Waals surface area (Å²) in [5.74, 6) is -1.73. The molecule has 0 saturated carbocycles. The van der Waals surface area contributed by atoms with Gasteiger partial charge >= 0.3 is 0 Å². The van der Waals surface area contributed by atoms with Crippen molar-refractivity contribution in [2.24, 2.45) is 5.73 Å². The summed E-state index contributed by atoms with van der Waals surface area (Å²) in [7, 11) is 0. The van der Waals surface area contributed by atoms with E-state index in [1.54, 1.807) is 6.92 Å². The zero-order valence-corrected chi connectivity index (χ0v) is 10.1. The largest absolute Gasteiger partial charge is 0.370 e. The van der Waals surface area contributed by atoms with Gasteiger partial charge in [-0.3, -0.25) is 4.79 Å². The van der Waals surface area contributed by atoms with E-state index in [9.17, 15) is 13.6 Å². The third kappa shape index (κ3) is 4.38. The van der Waals surface area contributed by atoms with Crippen LogP contribution in [0.15, 0.2) is 18.2 Å². The minimum atomic E-state index is -0.590. The smallest absolute Gasteiger partial charge is 0.243 e. The number of halogens is 2. The van der Waals surface area contributed by atoms with E-state index in [0.29, 0.717) is 6.54 Å². The number of benzene rings is 1. The number of carbonyl (C=O) groups is 1. The van der Waals surface area contributed by atoms with Crippen molar-refractivity contribution < 1.29 is 18.3 Å². The predicted molar refractivity (Wildman–Crippen MR) is 62.8 cm³/mol. The van der Waals surface area contributed by atoms with Gasteiger partial charge in [0, 0.05) is 18.2 Å². The van der Waals surface area contributed by atoms with Gasteiger partial charge in [-0.25, -0.2) is 8.78 Å². The van der Waals surface area contributed by atoms with Crippen LogP contribution >= 0.6 is 0 Å². The first-order valence-electron chi connectivity index (χ1n) is 5.55. The first kappa shape index (κ1) is 14.5. The molecule has 0 bridgehead atoms. The summed E-state index contributed by atoms with van der Waals surface area (Å²) in [4.78, 5) is 10.4. The highest BCUT2D eigenvalue weighted by atomic mass is 19.1. The van der Waals surface area contributed by atoms with Crippen LogP contribution in [0, 0.1) is 11.6 Å². The summed E-state index contributed by atoms with van der Waals surface area (Å²) in [5, 5.41) is 2.90. The van der Waals surface area contributed by atoms with Crippen molar-refractivity contribution in [1.29, 1.82) is 0 Å². The monoisotopic (exact) mass is 258 g/mol. The van der Waals surface area contributed by atoms with E-state index in [-0.39, 0.29) is 18.8 Å². The van der Waals surface area contributed by atoms with Crippen molar-refractivity contribution in [2.45, 2.75) is 13.0 Å². The summed E-state index contributed by atoms with van der Waals surface area (Å²) in [6.07, 6.45) is 0. The second kappa shape index (κ2) is 7.03. The Hall–Kier alpha value is -1.53. The Morgan fingerprint density at radius 1 is 1.44 bits per heavy atom. The summed E-state index contributed by atoms with van der Waals surface area (Å²) < 4.78 is 31.7. The topological polar surface area (TPSA) is 64.3 Å². The van der Waals surface area contributed by atoms with Gasteiger partial charge in [-0.15, -0.1) is 0 Å². The third-order valence-electron chi connectivity index (χ3n) is 2.37. The predicted octanol–water partition coefficient (Wildman–Crippen LogP) is 1.12. The standard InChI is InChI=1S/C12H16F2N2O2/c1-8(16-5-6-18-7-11(15)17)12-9(13)3-2-4-10(12)14/h2-4,8,16H,5-7H2,1H3,(H2,15,17). The first-order valence-corrected chi connectivity index (χ1v) is 5.55. The molecule has 0 aliphatic heterocycles. The van der Waals surface area contributed by atoms with Gasteiger partial charge in [0.1, 0.15) is 18.2 Å². The number of ether oxygens (including phenoxy) is 1. The molecule has 0 radical (unpaired) electrons. The van der Waals surface area contributed by atoms with Gasteiger partial charge in [-0.1, -0.05) is 6.07 Å². The number of nitrogens with two attached hydrogens (primary N) is 1. The van der Waals surface area contributed by atoms with E-state index >= 15 is 0 Å². The number of hydrogen-bond acceptors (Lipinski definition) is 3. The second-order valence-corrected chi connectivity index (χ2v) is 3.83. The highest BCUT2D eigenvalue weighted by Gasteiger charge is 2.14. The van der Waals surface area contributed by atoms with Crippen LogP contribution in [0.3, 0.4) is 0 Å². The molecule has 0 aliphatic rings. The van der Waals surface area contributed by atoms with Crippen molar-refractivity contribution in [1.82, 2.24) is 5.32 Å². The van der Waals surface area contributed by atoms with Crippen molar-refractivity contribution in [3.05, 3.63) is 35.4 Å². The van der Waals surface area contributed by atoms with E-state index < -0.39 is 23.6 Å². The lowest BCUT2D eigenvalue weighted by Gasteiger charge is -2.15. The Morgan fingerprint density at radius 3 is 2.61 bits per heavy atom. The van der Waals surface area contributed by atoms with Crippen LogP contribution in [0.25, 0.3) is 0 Å². The van der Waals surface area contributed by atoms with Crippen molar-refractivity contribution in [2.75, 3.05) is 19.8 Å². The second-order valence-electron chi connectivity index (χ2n) is 3.83. The Labute approximate surface area is 104 Å². The molecule has 18 heavy (non-hydrogen) atoms. The van der Waals surface area contributed by atoms with Gasteiger partial charge in [0.15, 0.2) is 0 Å². The maximum atomic E-state index is 13.4. The molecule has 4 nitrogen and oxygen atoms in total. The lowest BCUT2D eigenvalue weighted by atomic mass is 10.1. The molecule has 0 aromatic heterocycles. The zero-order chi connectivity index (χ0) is 13.5. The first-order chi connectivity index (χ1) is 8.52. The molecule has 6 heteroatoms. The Balaban J connectivity index is 2.41. The molecule has 1 amide bonds. The highest BCUT2D eigenvalue weighted by Crippen LogP contribution is 2.19. The van der Waals surface area contributed by atoms with Gasteiger partial charge < -0.3 is 15.8 Å². The van der Waals surface area contributed by atoms with Crippen LogP contribution in [0.5, 0.6) is 0 Å². The molecular weight excluding hydrogens is 242 g/mol. The van der Waals surface area contributed by atoms with Crippen LogP contribution in [0.1, 0.15) is 18.5 Å². The fourth-order valence-corrected chi connectivity index (χ4v) is 1.55. The summed E-state index contributed by atoms with van der Waals surface area (Å²) in [5.41, 5.74) is 4.87. The quantitative estimate of drug-likeness (QED) is 0.720. The number of amides is 1. The molecule has 1 atom stereocenters. The van der Waals surface area contributed by atoms with Gasteiger partial charge in [0.25, 0.3) is 0 Å². The molecule has 1 rings (SSSR count). The Morgan fingerprint density at radius 2 is 2.06 bits per heavy atom. The molecule has 1 aromatic carbocycles. The number of carbonyl (C=O) groups excluding carboxylic acids is 1. The minimum absolute atomic E-state index is 0.00704. The van der Waals surface area contributed by atoms with E-state index in [4.69, 9.17) is 10.5 Å².